The number of aryl methyl sites for hydroxylation is 1. The van der Waals surface area contributed by atoms with Crippen molar-refractivity contribution in [3.63, 3.8) is 0 Å². The van der Waals surface area contributed by atoms with Crippen LogP contribution in [-0.4, -0.2) is 16.8 Å². The molecule has 0 fully saturated rings. The topological polar surface area (TPSA) is 85.1 Å². The smallest absolute Gasteiger partial charge is 0.275 e. The fourth-order valence-corrected chi connectivity index (χ4v) is 2.25. The van der Waals surface area contributed by atoms with Gasteiger partial charge in [-0.05, 0) is 25.1 Å². The van der Waals surface area contributed by atoms with Gasteiger partial charge in [-0.2, -0.15) is 0 Å². The first-order valence-electron chi connectivity index (χ1n) is 5.30. The van der Waals surface area contributed by atoms with Crippen LogP contribution in [0.5, 0.6) is 0 Å². The summed E-state index contributed by atoms with van der Waals surface area (Å²) in [5.41, 5.74) is 6.01. The summed E-state index contributed by atoms with van der Waals surface area (Å²) < 4.78 is 0. The Balaban J connectivity index is 2.28. The first-order chi connectivity index (χ1) is 8.97. The van der Waals surface area contributed by atoms with Gasteiger partial charge < -0.3 is 11.1 Å². The monoisotopic (exact) mass is 295 g/mol. The summed E-state index contributed by atoms with van der Waals surface area (Å²) in [6, 6.07) is 4.50. The highest BCUT2D eigenvalue weighted by Crippen LogP contribution is 2.21. The Hall–Kier alpha value is -1.92. The number of carbonyl (C=O) groups excluding carboxylic acids is 2. The molecule has 1 aromatic carbocycles. The second-order valence-electron chi connectivity index (χ2n) is 3.76. The lowest BCUT2D eigenvalue weighted by Crippen LogP contribution is -2.18. The highest BCUT2D eigenvalue weighted by Gasteiger charge is 2.14. The van der Waals surface area contributed by atoms with Crippen molar-refractivity contribution in [1.82, 2.24) is 4.98 Å². The van der Waals surface area contributed by atoms with Crippen molar-refractivity contribution in [1.29, 1.82) is 0 Å². The molecule has 7 heteroatoms. The first kappa shape index (κ1) is 13.5. The lowest BCUT2D eigenvalue weighted by Gasteiger charge is -2.08. The van der Waals surface area contributed by atoms with Crippen LogP contribution in [0, 0.1) is 6.92 Å². The Morgan fingerprint density at radius 3 is 2.74 bits per heavy atom. The molecule has 0 spiro atoms. The molecule has 5 nitrogen and oxygen atoms in total. The summed E-state index contributed by atoms with van der Waals surface area (Å²) in [6.07, 6.45) is 0. The molecule has 0 saturated carbocycles. The van der Waals surface area contributed by atoms with Crippen molar-refractivity contribution in [2.24, 2.45) is 5.73 Å². The van der Waals surface area contributed by atoms with Gasteiger partial charge in [0, 0.05) is 10.4 Å². The van der Waals surface area contributed by atoms with Gasteiger partial charge in [0.25, 0.3) is 11.8 Å². The zero-order chi connectivity index (χ0) is 14.0. The Kier molecular flexibility index (Phi) is 3.82. The quantitative estimate of drug-likeness (QED) is 0.912. The van der Waals surface area contributed by atoms with Crippen molar-refractivity contribution < 1.29 is 9.59 Å². The van der Waals surface area contributed by atoms with Gasteiger partial charge in [-0.1, -0.05) is 11.6 Å². The number of halogens is 1. The second kappa shape index (κ2) is 5.38. The van der Waals surface area contributed by atoms with Gasteiger partial charge in [-0.25, -0.2) is 4.98 Å². The standard InChI is InChI=1S/C12H10ClN3O2S/c1-6-15-10(5-19-6)12(18)16-9-3-2-7(13)4-8(9)11(14)17/h2-5H,1H3,(H2,14,17)(H,16,18). The summed E-state index contributed by atoms with van der Waals surface area (Å²) in [5, 5.41) is 5.40. The minimum absolute atomic E-state index is 0.160. The minimum atomic E-state index is -0.660. The van der Waals surface area contributed by atoms with Crippen LogP contribution in [0.4, 0.5) is 5.69 Å². The maximum absolute atomic E-state index is 11.9. The Morgan fingerprint density at radius 2 is 2.16 bits per heavy atom. The maximum atomic E-state index is 11.9. The number of thiazole rings is 1. The Morgan fingerprint density at radius 1 is 1.42 bits per heavy atom. The lowest BCUT2D eigenvalue weighted by molar-refractivity contribution is 0.100. The van der Waals surface area contributed by atoms with Gasteiger partial charge in [0.05, 0.1) is 16.3 Å². The van der Waals surface area contributed by atoms with E-state index in [0.29, 0.717) is 16.4 Å². The van der Waals surface area contributed by atoms with Crippen LogP contribution < -0.4 is 11.1 Å². The number of amides is 2. The van der Waals surface area contributed by atoms with Crippen molar-refractivity contribution >= 4 is 40.4 Å². The molecule has 2 amide bonds. The van der Waals surface area contributed by atoms with Crippen molar-refractivity contribution in [3.05, 3.63) is 44.9 Å². The Bertz CT molecular complexity index is 654. The summed E-state index contributed by atoms with van der Waals surface area (Å²) >= 11 is 7.16. The van der Waals surface area contributed by atoms with E-state index in [1.807, 2.05) is 0 Å². The van der Waals surface area contributed by atoms with Crippen LogP contribution in [0.1, 0.15) is 25.9 Å². The molecule has 1 aromatic heterocycles. The van der Waals surface area contributed by atoms with Crippen LogP contribution in [0.3, 0.4) is 0 Å². The van der Waals surface area contributed by atoms with Crippen molar-refractivity contribution in [2.45, 2.75) is 6.92 Å². The fraction of sp³-hybridized carbons (Fsp3) is 0.0833. The van der Waals surface area contributed by atoms with Gasteiger partial charge in [0.1, 0.15) is 5.69 Å². The van der Waals surface area contributed by atoms with Crippen molar-refractivity contribution in [2.75, 3.05) is 5.32 Å². The normalized spacial score (nSPS) is 10.2. The van der Waals surface area contributed by atoms with Crippen molar-refractivity contribution in [3.8, 4) is 0 Å². The van der Waals surface area contributed by atoms with E-state index in [-0.39, 0.29) is 5.56 Å². The number of nitrogens with two attached hydrogens (primary N) is 1. The van der Waals surface area contributed by atoms with Crippen LogP contribution in [0.2, 0.25) is 5.02 Å². The summed E-state index contributed by atoms with van der Waals surface area (Å²) in [5.74, 6) is -1.05. The molecule has 3 N–H and O–H groups in total. The largest absolute Gasteiger partial charge is 0.366 e. The molecular weight excluding hydrogens is 286 g/mol. The van der Waals surface area contributed by atoms with Gasteiger partial charge in [-0.15, -0.1) is 11.3 Å². The van der Waals surface area contributed by atoms with Crippen LogP contribution >= 0.6 is 22.9 Å². The molecular formula is C12H10ClN3O2S. The van der Waals surface area contributed by atoms with E-state index in [0.717, 1.165) is 5.01 Å². The fourth-order valence-electron chi connectivity index (χ4n) is 1.48. The summed E-state index contributed by atoms with van der Waals surface area (Å²) in [7, 11) is 0. The molecule has 0 unspecified atom stereocenters. The number of carbonyl (C=O) groups is 2. The van der Waals surface area contributed by atoms with E-state index in [4.69, 9.17) is 17.3 Å². The zero-order valence-corrected chi connectivity index (χ0v) is 11.5. The van der Waals surface area contributed by atoms with E-state index in [1.54, 1.807) is 18.4 Å². The molecule has 2 aromatic rings. The third-order valence-corrected chi connectivity index (χ3v) is 3.36. The molecule has 0 aliphatic heterocycles. The number of benzene rings is 1. The number of primary amides is 1. The summed E-state index contributed by atoms with van der Waals surface area (Å²) in [6.45, 7) is 1.80. The molecule has 0 radical (unpaired) electrons. The Labute approximate surface area is 118 Å². The second-order valence-corrected chi connectivity index (χ2v) is 5.26. The highest BCUT2D eigenvalue weighted by molar-refractivity contribution is 7.09. The van der Waals surface area contributed by atoms with Gasteiger partial charge >= 0.3 is 0 Å². The zero-order valence-electron chi connectivity index (χ0n) is 9.94. The number of hydrogen-bond donors (Lipinski definition) is 2. The molecule has 1 heterocycles. The predicted octanol–water partition coefficient (Wildman–Crippen LogP) is 2.46. The molecule has 19 heavy (non-hydrogen) atoms. The molecule has 2 rings (SSSR count). The first-order valence-corrected chi connectivity index (χ1v) is 6.56. The van der Waals surface area contributed by atoms with E-state index in [2.05, 4.69) is 10.3 Å². The van der Waals surface area contributed by atoms with E-state index in [1.165, 1.54) is 23.5 Å². The van der Waals surface area contributed by atoms with Crippen LogP contribution in [0.25, 0.3) is 0 Å². The third kappa shape index (κ3) is 3.10. The minimum Gasteiger partial charge on any atom is -0.366 e. The van der Waals surface area contributed by atoms with Crippen LogP contribution in [0.15, 0.2) is 23.6 Å². The lowest BCUT2D eigenvalue weighted by atomic mass is 10.1. The number of aromatic nitrogens is 1. The SMILES string of the molecule is Cc1nc(C(=O)Nc2ccc(Cl)cc2C(N)=O)cs1. The molecule has 98 valence electrons. The molecule has 0 saturated heterocycles. The van der Waals surface area contributed by atoms with E-state index >= 15 is 0 Å². The molecule has 0 bridgehead atoms. The van der Waals surface area contributed by atoms with Gasteiger partial charge in [-0.3, -0.25) is 9.59 Å². The number of nitrogens with one attached hydrogen (secondary N) is 1. The number of rotatable bonds is 3. The summed E-state index contributed by atoms with van der Waals surface area (Å²) in [4.78, 5) is 27.3. The average Bonchev–Trinajstić information content (AvgIpc) is 2.78. The number of nitrogens with zero attached hydrogens (tertiary/aromatic N) is 1. The van der Waals surface area contributed by atoms with E-state index < -0.39 is 11.8 Å². The van der Waals surface area contributed by atoms with Gasteiger partial charge in [0.15, 0.2) is 0 Å². The average molecular weight is 296 g/mol. The van der Waals surface area contributed by atoms with Gasteiger partial charge in [0.2, 0.25) is 0 Å². The number of hydrogen-bond acceptors (Lipinski definition) is 4. The molecule has 0 atom stereocenters. The molecule has 0 aliphatic rings. The predicted molar refractivity (Wildman–Crippen MR) is 74.8 cm³/mol. The maximum Gasteiger partial charge on any atom is 0.275 e. The third-order valence-electron chi connectivity index (χ3n) is 2.35. The highest BCUT2D eigenvalue weighted by atomic mass is 35.5. The number of anilines is 1. The molecule has 0 aliphatic carbocycles. The van der Waals surface area contributed by atoms with E-state index in [9.17, 15) is 9.59 Å². The van der Waals surface area contributed by atoms with Crippen LogP contribution in [-0.2, 0) is 0 Å².